The second-order valence-electron chi connectivity index (χ2n) is 5.81. The van der Waals surface area contributed by atoms with Gasteiger partial charge in [0.05, 0.1) is 5.52 Å². The van der Waals surface area contributed by atoms with Crippen molar-refractivity contribution in [1.29, 1.82) is 0 Å². The predicted molar refractivity (Wildman–Crippen MR) is 89.4 cm³/mol. The van der Waals surface area contributed by atoms with E-state index >= 15 is 0 Å². The van der Waals surface area contributed by atoms with E-state index in [-0.39, 0.29) is 28.6 Å². The van der Waals surface area contributed by atoms with Crippen molar-refractivity contribution in [1.82, 2.24) is 4.98 Å². The van der Waals surface area contributed by atoms with Gasteiger partial charge < -0.3 is 15.2 Å². The van der Waals surface area contributed by atoms with Gasteiger partial charge in [-0.15, -0.1) is 0 Å². The molecule has 0 radical (unpaired) electrons. The van der Waals surface area contributed by atoms with Gasteiger partial charge in [-0.25, -0.2) is 0 Å². The second-order valence-corrected chi connectivity index (χ2v) is 5.81. The number of carbonyl (C=O) groups excluding carboxylic acids is 2. The van der Waals surface area contributed by atoms with Crippen LogP contribution in [0.3, 0.4) is 0 Å². The molecule has 3 N–H and O–H groups in total. The highest BCUT2D eigenvalue weighted by atomic mass is 16.3. The molecule has 118 valence electrons. The van der Waals surface area contributed by atoms with Crippen molar-refractivity contribution in [2.75, 3.05) is 0 Å². The molecule has 0 aliphatic heterocycles. The van der Waals surface area contributed by atoms with Crippen LogP contribution in [0, 0.1) is 6.92 Å². The van der Waals surface area contributed by atoms with Crippen LogP contribution < -0.4 is 0 Å². The third-order valence-electron chi connectivity index (χ3n) is 4.31. The topological polar surface area (TPSA) is 90.4 Å². The van der Waals surface area contributed by atoms with E-state index in [2.05, 4.69) is 4.98 Å². The van der Waals surface area contributed by atoms with E-state index in [9.17, 15) is 19.8 Å². The molecule has 1 aliphatic carbocycles. The Balaban J connectivity index is 1.99. The zero-order chi connectivity index (χ0) is 17.0. The molecule has 1 heterocycles. The Bertz CT molecular complexity index is 1070. The van der Waals surface area contributed by atoms with Crippen LogP contribution in [0.2, 0.25) is 0 Å². The van der Waals surface area contributed by atoms with Crippen molar-refractivity contribution in [3.05, 3.63) is 64.9 Å². The molecule has 1 aliphatic rings. The minimum atomic E-state index is -0.279. The lowest BCUT2D eigenvalue weighted by Crippen LogP contribution is -2.16. The Morgan fingerprint density at radius 3 is 2.38 bits per heavy atom. The van der Waals surface area contributed by atoms with Gasteiger partial charge in [0.25, 0.3) is 0 Å². The summed E-state index contributed by atoms with van der Waals surface area (Å²) in [6.07, 6.45) is 1.34. The van der Waals surface area contributed by atoms with Crippen molar-refractivity contribution in [3.8, 4) is 11.5 Å². The summed E-state index contributed by atoms with van der Waals surface area (Å²) < 4.78 is 0. The summed E-state index contributed by atoms with van der Waals surface area (Å²) in [6.45, 7) is 1.78. The van der Waals surface area contributed by atoms with Crippen molar-refractivity contribution in [3.63, 3.8) is 0 Å². The smallest absolute Gasteiger partial charge is 0.194 e. The Morgan fingerprint density at radius 2 is 1.62 bits per heavy atom. The molecule has 1 aromatic heterocycles. The molecule has 0 amide bonds. The first-order chi connectivity index (χ1) is 11.5. The van der Waals surface area contributed by atoms with Crippen molar-refractivity contribution in [2.45, 2.75) is 6.92 Å². The summed E-state index contributed by atoms with van der Waals surface area (Å²) in [5, 5.41) is 20.0. The summed E-state index contributed by atoms with van der Waals surface area (Å²) in [7, 11) is 0. The number of carbonyl (C=O) groups is 2. The van der Waals surface area contributed by atoms with Crippen LogP contribution in [0.15, 0.2) is 42.5 Å². The first-order valence-corrected chi connectivity index (χ1v) is 7.41. The third-order valence-corrected chi connectivity index (χ3v) is 4.31. The fourth-order valence-corrected chi connectivity index (χ4v) is 3.20. The minimum absolute atomic E-state index is 0.225. The number of H-pyrrole nitrogens is 1. The van der Waals surface area contributed by atoms with Gasteiger partial charge in [0.15, 0.2) is 23.1 Å². The summed E-state index contributed by atoms with van der Waals surface area (Å²) in [6, 6.07) is 9.50. The predicted octanol–water partition coefficient (Wildman–Crippen LogP) is 3.35. The number of rotatable bonds is 1. The summed E-state index contributed by atoms with van der Waals surface area (Å²) in [5.41, 5.74) is 2.88. The van der Waals surface area contributed by atoms with Crippen molar-refractivity contribution < 1.29 is 19.8 Å². The van der Waals surface area contributed by atoms with Gasteiger partial charge in [0.1, 0.15) is 0 Å². The van der Waals surface area contributed by atoms with Gasteiger partial charge in [-0.3, -0.25) is 9.59 Å². The van der Waals surface area contributed by atoms with E-state index in [1.54, 1.807) is 31.2 Å². The van der Waals surface area contributed by atoms with Crippen LogP contribution in [-0.2, 0) is 0 Å². The lowest BCUT2D eigenvalue weighted by molar-refractivity contribution is 0.100. The maximum absolute atomic E-state index is 12.9. The van der Waals surface area contributed by atoms with Crippen molar-refractivity contribution >= 4 is 28.0 Å². The number of Topliss-reactive ketones (excluding diaryl/α,β-unsaturated/α-hetero) is 1. The highest BCUT2D eigenvalue weighted by Gasteiger charge is 2.28. The number of hydrogen-bond acceptors (Lipinski definition) is 4. The van der Waals surface area contributed by atoms with Gasteiger partial charge in [-0.2, -0.15) is 0 Å². The maximum atomic E-state index is 12.9. The largest absolute Gasteiger partial charge is 0.504 e. The van der Waals surface area contributed by atoms with Crippen LogP contribution in [-0.4, -0.2) is 26.8 Å². The normalized spacial score (nSPS) is 14.0. The number of allylic oxidation sites excluding steroid dienone is 2. The third kappa shape index (κ3) is 1.88. The number of aromatic nitrogens is 1. The molecule has 3 aromatic rings. The fraction of sp³-hybridized carbons (Fsp3) is 0.0526. The number of nitrogens with one attached hydrogen (secondary N) is 1. The molecular formula is C19H13NO4. The molecule has 0 spiro atoms. The molecule has 0 fully saturated rings. The number of aromatic hydroxyl groups is 2. The molecule has 24 heavy (non-hydrogen) atoms. The van der Waals surface area contributed by atoms with E-state index < -0.39 is 0 Å². The first-order valence-electron chi connectivity index (χ1n) is 7.41. The Kier molecular flexibility index (Phi) is 2.87. The van der Waals surface area contributed by atoms with Crippen molar-refractivity contribution in [2.24, 2.45) is 0 Å². The SMILES string of the molecule is Cc1[nH]c2cc(O)c(O)cc2c1C1=CC(=O)c2ccccc2C1=O. The number of aromatic amines is 1. The van der Waals surface area contributed by atoms with E-state index in [1.807, 2.05) is 0 Å². The van der Waals surface area contributed by atoms with E-state index in [4.69, 9.17) is 0 Å². The standard InChI is InChI=1S/C19H13NO4/c1-9-18(12-6-16(22)17(23)8-14(12)20-9)13-7-15(21)10-4-2-3-5-11(10)19(13)24/h2-8,20,22-23H,1H3. The van der Waals surface area contributed by atoms with Gasteiger partial charge in [0.2, 0.25) is 0 Å². The lowest BCUT2D eigenvalue weighted by Gasteiger charge is -2.15. The minimum Gasteiger partial charge on any atom is -0.504 e. The quantitative estimate of drug-likeness (QED) is 0.600. The fourth-order valence-electron chi connectivity index (χ4n) is 3.20. The lowest BCUT2D eigenvalue weighted by atomic mass is 9.85. The van der Waals surface area contributed by atoms with E-state index in [0.29, 0.717) is 33.3 Å². The molecule has 2 aromatic carbocycles. The Labute approximate surface area is 136 Å². The van der Waals surface area contributed by atoms with Gasteiger partial charge in [0, 0.05) is 39.4 Å². The highest BCUT2D eigenvalue weighted by Crippen LogP contribution is 2.38. The van der Waals surface area contributed by atoms with Crippen LogP contribution in [0.1, 0.15) is 32.0 Å². The zero-order valence-electron chi connectivity index (χ0n) is 12.8. The average Bonchev–Trinajstić information content (AvgIpc) is 2.86. The average molecular weight is 319 g/mol. The van der Waals surface area contributed by atoms with E-state index in [0.717, 1.165) is 0 Å². The Morgan fingerprint density at radius 1 is 0.958 bits per heavy atom. The van der Waals surface area contributed by atoms with Crippen LogP contribution >= 0.6 is 0 Å². The summed E-state index contributed by atoms with van der Waals surface area (Å²) in [4.78, 5) is 28.3. The molecule has 0 bridgehead atoms. The van der Waals surface area contributed by atoms with Gasteiger partial charge >= 0.3 is 0 Å². The first kappa shape index (κ1) is 14.3. The molecule has 0 unspecified atom stereocenters. The Hall–Kier alpha value is -3.34. The molecular weight excluding hydrogens is 306 g/mol. The number of ketones is 2. The molecule has 0 atom stereocenters. The van der Waals surface area contributed by atoms with E-state index in [1.165, 1.54) is 18.2 Å². The molecule has 0 saturated carbocycles. The molecule has 0 saturated heterocycles. The summed E-state index contributed by atoms with van der Waals surface area (Å²) >= 11 is 0. The van der Waals surface area contributed by atoms with Crippen LogP contribution in [0.25, 0.3) is 16.5 Å². The van der Waals surface area contributed by atoms with Gasteiger partial charge in [-0.05, 0) is 19.1 Å². The zero-order valence-corrected chi connectivity index (χ0v) is 12.8. The maximum Gasteiger partial charge on any atom is 0.194 e. The highest BCUT2D eigenvalue weighted by molar-refractivity contribution is 6.40. The number of fused-ring (bicyclic) bond motifs is 2. The second kappa shape index (κ2) is 4.83. The number of benzene rings is 2. The van der Waals surface area contributed by atoms with Crippen LogP contribution in [0.5, 0.6) is 11.5 Å². The number of phenolic OH excluding ortho intramolecular Hbond substituents is 2. The number of hydrogen-bond donors (Lipinski definition) is 3. The van der Waals surface area contributed by atoms with Gasteiger partial charge in [-0.1, -0.05) is 24.3 Å². The number of aryl methyl sites for hydroxylation is 1. The monoisotopic (exact) mass is 319 g/mol. The molecule has 4 rings (SSSR count). The summed E-state index contributed by atoms with van der Waals surface area (Å²) in [5.74, 6) is -0.988. The number of phenols is 2. The van der Waals surface area contributed by atoms with Crippen LogP contribution in [0.4, 0.5) is 0 Å². The molecule has 5 heteroatoms. The molecule has 5 nitrogen and oxygen atoms in total.